The highest BCUT2D eigenvalue weighted by Crippen LogP contribution is 2.43. The molecule has 1 unspecified atom stereocenters. The Morgan fingerprint density at radius 1 is 1.06 bits per heavy atom. The van der Waals surface area contributed by atoms with Crippen LogP contribution in [0.25, 0.3) is 5.69 Å². The maximum Gasteiger partial charge on any atom is 0.294 e. The van der Waals surface area contributed by atoms with Crippen molar-refractivity contribution in [2.24, 2.45) is 15.3 Å². The van der Waals surface area contributed by atoms with Gasteiger partial charge in [-0.2, -0.15) is 10.2 Å². The van der Waals surface area contributed by atoms with Crippen LogP contribution >= 0.6 is 23.6 Å². The largest absolute Gasteiger partial charge is 0.383 e. The third kappa shape index (κ3) is 6.10. The Hall–Kier alpha value is -6.00. The first kappa shape index (κ1) is 31.6. The number of carbonyl (C=O) groups excluding carboxylic acids is 1. The molecule has 1 atom stereocenters. The van der Waals surface area contributed by atoms with Crippen molar-refractivity contribution < 1.29 is 9.72 Å². The van der Waals surface area contributed by atoms with Gasteiger partial charge >= 0.3 is 0 Å². The number of rotatable bonds is 7. The summed E-state index contributed by atoms with van der Waals surface area (Å²) < 4.78 is 3.74. The number of non-ortho nitro benzene ring substituents is 1. The molecule has 0 bridgehead atoms. The number of amides is 1. The summed E-state index contributed by atoms with van der Waals surface area (Å²) in [6.45, 7) is 1.97. The quantitative estimate of drug-likeness (QED) is 0.0599. The van der Waals surface area contributed by atoms with Crippen LogP contribution in [0.5, 0.6) is 0 Å². The fourth-order valence-corrected chi connectivity index (χ4v) is 7.14. The Balaban J connectivity index is 1.20. The van der Waals surface area contributed by atoms with Crippen LogP contribution < -0.4 is 22.0 Å². The fourth-order valence-electron chi connectivity index (χ4n) is 5.89. The average Bonchev–Trinajstić information content (AvgIpc) is 3.59. The summed E-state index contributed by atoms with van der Waals surface area (Å²) in [4.78, 5) is 37.7. The second-order valence-electron chi connectivity index (χ2n) is 11.5. The minimum absolute atomic E-state index is 0.0574. The average molecular weight is 693 g/mol. The summed E-state index contributed by atoms with van der Waals surface area (Å²) in [5, 5.41) is 30.7. The van der Waals surface area contributed by atoms with Crippen LogP contribution in [0.2, 0.25) is 0 Å². The lowest BCUT2D eigenvalue weighted by atomic mass is 9.85. The first-order valence-corrected chi connectivity index (χ1v) is 16.4. The number of H-pyrrole nitrogens is 1. The molecule has 0 saturated heterocycles. The van der Waals surface area contributed by atoms with Gasteiger partial charge in [0, 0.05) is 35.6 Å². The van der Waals surface area contributed by atoms with Crippen LogP contribution in [0.1, 0.15) is 46.1 Å². The number of nitro groups is 1. The van der Waals surface area contributed by atoms with Crippen molar-refractivity contribution in [3.8, 4) is 5.69 Å². The molecule has 0 radical (unpaired) electrons. The molecule has 5 aromatic rings. The number of nitrogen functional groups attached to an aromatic ring is 1. The molecule has 1 amide bonds. The molecule has 16 heteroatoms. The molecular formula is C33H28N10O4S2. The number of nitrogens with one attached hydrogen (secondary N) is 3. The third-order valence-electron chi connectivity index (χ3n) is 8.31. The number of aromatic nitrogens is 3. The molecule has 5 N–H and O–H groups in total. The van der Waals surface area contributed by atoms with Gasteiger partial charge in [-0.15, -0.1) is 5.11 Å². The molecule has 1 aliphatic carbocycles. The number of carbonyl (C=O) groups is 1. The van der Waals surface area contributed by atoms with E-state index < -0.39 is 22.4 Å². The van der Waals surface area contributed by atoms with E-state index in [2.05, 4.69) is 31.2 Å². The molecule has 0 fully saturated rings. The van der Waals surface area contributed by atoms with Gasteiger partial charge in [-0.3, -0.25) is 34.1 Å². The number of nitrogens with zero attached hydrogens (tertiary/aromatic N) is 6. The van der Waals surface area contributed by atoms with Crippen LogP contribution in [-0.2, 0) is 0 Å². The Labute approximate surface area is 287 Å². The summed E-state index contributed by atoms with van der Waals surface area (Å²) in [6.07, 6.45) is 1.39. The molecule has 2 aromatic heterocycles. The lowest BCUT2D eigenvalue weighted by Gasteiger charge is -2.35. The van der Waals surface area contributed by atoms with Crippen molar-refractivity contribution in [1.29, 1.82) is 0 Å². The van der Waals surface area contributed by atoms with E-state index in [0.717, 1.165) is 33.9 Å². The minimum atomic E-state index is -0.551. The number of aryl methyl sites for hydroxylation is 1. The number of fused-ring (bicyclic) bond motifs is 1. The van der Waals surface area contributed by atoms with Crippen molar-refractivity contribution in [2.45, 2.75) is 32.2 Å². The topological polar surface area (TPSA) is 190 Å². The molecule has 2 aliphatic rings. The highest BCUT2D eigenvalue weighted by molar-refractivity contribution is 7.73. The normalized spacial score (nSPS) is 16.3. The smallest absolute Gasteiger partial charge is 0.294 e. The predicted octanol–water partition coefficient (Wildman–Crippen LogP) is 7.21. The zero-order valence-corrected chi connectivity index (χ0v) is 27.5. The third-order valence-corrected chi connectivity index (χ3v) is 9.69. The van der Waals surface area contributed by atoms with Crippen molar-refractivity contribution in [2.75, 3.05) is 11.1 Å². The molecule has 0 spiro atoms. The highest BCUT2D eigenvalue weighted by atomic mass is 32.1. The van der Waals surface area contributed by atoms with Crippen LogP contribution in [0.15, 0.2) is 110 Å². The van der Waals surface area contributed by atoms with E-state index in [0.29, 0.717) is 46.0 Å². The van der Waals surface area contributed by atoms with Gasteiger partial charge in [0.05, 0.1) is 10.6 Å². The van der Waals surface area contributed by atoms with Gasteiger partial charge in [0.25, 0.3) is 17.2 Å². The SMILES string of the molecule is Cc1ccc(N=Nc2c3n([nH]c2=O)C(c2ccc([N+](=O)[O-])cc2)C2=C(CCC(=NNC(=O)c4sc(=S)n(-c5ccccc5)c4N)C2)N3)cc1. The van der Waals surface area contributed by atoms with Gasteiger partial charge < -0.3 is 11.1 Å². The zero-order valence-electron chi connectivity index (χ0n) is 25.9. The molecule has 7 rings (SSSR count). The lowest BCUT2D eigenvalue weighted by molar-refractivity contribution is -0.384. The van der Waals surface area contributed by atoms with Crippen LogP contribution in [0.3, 0.4) is 0 Å². The number of para-hydroxylation sites is 1. The van der Waals surface area contributed by atoms with Crippen LogP contribution in [0, 0.1) is 21.0 Å². The van der Waals surface area contributed by atoms with Crippen molar-refractivity contribution in [3.05, 3.63) is 131 Å². The Kier molecular flexibility index (Phi) is 8.31. The van der Waals surface area contributed by atoms with Gasteiger partial charge in [-0.05, 0) is 79.5 Å². The fraction of sp³-hybridized carbons (Fsp3) is 0.152. The number of nitro benzene ring substituents is 1. The van der Waals surface area contributed by atoms with E-state index in [1.165, 1.54) is 12.1 Å². The zero-order chi connectivity index (χ0) is 34.2. The minimum Gasteiger partial charge on any atom is -0.383 e. The monoisotopic (exact) mass is 692 g/mol. The lowest BCUT2D eigenvalue weighted by Crippen LogP contribution is -2.30. The van der Waals surface area contributed by atoms with Crippen LogP contribution in [0.4, 0.5) is 28.7 Å². The summed E-state index contributed by atoms with van der Waals surface area (Å²) in [7, 11) is 0. The van der Waals surface area contributed by atoms with E-state index in [4.69, 9.17) is 18.0 Å². The number of nitrogens with two attached hydrogens (primary N) is 1. The van der Waals surface area contributed by atoms with E-state index in [9.17, 15) is 19.7 Å². The molecule has 246 valence electrons. The summed E-state index contributed by atoms with van der Waals surface area (Å²) >= 11 is 6.60. The van der Waals surface area contributed by atoms with Gasteiger partial charge in [0.15, 0.2) is 15.5 Å². The van der Waals surface area contributed by atoms with E-state index in [-0.39, 0.29) is 22.1 Å². The number of thiazole rings is 1. The molecule has 49 heavy (non-hydrogen) atoms. The maximum absolute atomic E-state index is 13.3. The molecule has 1 aliphatic heterocycles. The Bertz CT molecular complexity index is 2320. The molecule has 3 heterocycles. The van der Waals surface area contributed by atoms with Gasteiger partial charge in [-0.25, -0.2) is 5.43 Å². The van der Waals surface area contributed by atoms with Crippen molar-refractivity contribution in [3.63, 3.8) is 0 Å². The second-order valence-corrected chi connectivity index (χ2v) is 13.1. The standard InChI is InChI=1S/C33H28N10O4S2/c1-18-7-11-20(12-8-18)36-38-26-30-35-25-16-13-21(37-39-32(45)28-29(34)41(33(48)49-28)22-5-3-2-4-6-22)17-24(25)27(42(30)40-31(26)44)19-9-14-23(15-10-19)43(46)47/h2-12,14-15,27,35H,13,16-17,34H2,1H3,(H,39,45)(H,40,44). The maximum atomic E-state index is 13.3. The first-order valence-electron chi connectivity index (χ1n) is 15.2. The molecule has 0 saturated carbocycles. The van der Waals surface area contributed by atoms with Crippen molar-refractivity contribution in [1.82, 2.24) is 19.8 Å². The molecule has 14 nitrogen and oxygen atoms in total. The Morgan fingerprint density at radius 3 is 2.51 bits per heavy atom. The highest BCUT2D eigenvalue weighted by Gasteiger charge is 2.35. The van der Waals surface area contributed by atoms with Crippen LogP contribution in [-0.4, -0.2) is 30.9 Å². The number of benzene rings is 3. The second kappa shape index (κ2) is 12.9. The summed E-state index contributed by atoms with van der Waals surface area (Å²) in [6, 6.07) is 22.4. The number of allylic oxidation sites excluding steroid dienone is 2. The molecular weight excluding hydrogens is 665 g/mol. The summed E-state index contributed by atoms with van der Waals surface area (Å²) in [5.41, 5.74) is 14.2. The van der Waals surface area contributed by atoms with E-state index >= 15 is 0 Å². The number of hydrogen-bond donors (Lipinski definition) is 4. The number of anilines is 2. The number of azo groups is 1. The molecule has 3 aromatic carbocycles. The Morgan fingerprint density at radius 2 is 1.80 bits per heavy atom. The predicted molar refractivity (Wildman–Crippen MR) is 190 cm³/mol. The van der Waals surface area contributed by atoms with Crippen molar-refractivity contribution >= 4 is 63.9 Å². The van der Waals surface area contributed by atoms with Gasteiger partial charge in [-0.1, -0.05) is 47.2 Å². The number of hydrazone groups is 1. The first-order chi connectivity index (χ1) is 23.7. The number of hydrogen-bond acceptors (Lipinski definition) is 11. The van der Waals surface area contributed by atoms with E-state index in [1.807, 2.05) is 61.5 Å². The summed E-state index contributed by atoms with van der Waals surface area (Å²) in [5.74, 6) is 0.169. The van der Waals surface area contributed by atoms with Gasteiger partial charge in [0.2, 0.25) is 0 Å². The van der Waals surface area contributed by atoms with E-state index in [1.54, 1.807) is 21.4 Å². The van der Waals surface area contributed by atoms with Gasteiger partial charge in [0.1, 0.15) is 16.7 Å². The number of aromatic amines is 1.